The summed E-state index contributed by atoms with van der Waals surface area (Å²) in [5, 5.41) is 2.69. The first-order valence-electron chi connectivity index (χ1n) is 8.90. The van der Waals surface area contributed by atoms with E-state index in [4.69, 9.17) is 4.74 Å². The predicted octanol–water partition coefficient (Wildman–Crippen LogP) is 3.80. The van der Waals surface area contributed by atoms with E-state index in [0.717, 1.165) is 37.5 Å². The van der Waals surface area contributed by atoms with Gasteiger partial charge in [-0.15, -0.1) is 0 Å². The van der Waals surface area contributed by atoms with Crippen LogP contribution >= 0.6 is 0 Å². The Morgan fingerprint density at radius 2 is 2.08 bits per heavy atom. The van der Waals surface area contributed by atoms with Crippen LogP contribution < -0.4 is 5.32 Å². The maximum atomic E-state index is 12.1. The van der Waals surface area contributed by atoms with E-state index in [2.05, 4.69) is 11.4 Å². The van der Waals surface area contributed by atoms with Crippen molar-refractivity contribution in [2.45, 2.75) is 57.1 Å². The highest BCUT2D eigenvalue weighted by Gasteiger charge is 2.29. The van der Waals surface area contributed by atoms with Crippen LogP contribution in [0.25, 0.3) is 0 Å². The normalized spacial score (nSPS) is 24.2. The minimum atomic E-state index is -0.551. The zero-order valence-electron chi connectivity index (χ0n) is 13.9. The van der Waals surface area contributed by atoms with E-state index >= 15 is 0 Å². The zero-order valence-corrected chi connectivity index (χ0v) is 13.9. The molecular formula is C20H25NO3. The summed E-state index contributed by atoms with van der Waals surface area (Å²) < 4.78 is 5.56. The fourth-order valence-electron chi connectivity index (χ4n) is 3.77. The quantitative estimate of drug-likeness (QED) is 0.661. The Kier molecular flexibility index (Phi) is 5.68. The SMILES string of the molecule is O=C[C@H](Cc1ccccc1)NC(=O)OC1CCC2CCCC=C2C1. The van der Waals surface area contributed by atoms with Gasteiger partial charge in [-0.1, -0.05) is 42.0 Å². The smallest absolute Gasteiger partial charge is 0.408 e. The summed E-state index contributed by atoms with van der Waals surface area (Å²) in [6.07, 6.45) is 9.60. The average Bonchev–Trinajstić information content (AvgIpc) is 2.62. The average molecular weight is 327 g/mol. The lowest BCUT2D eigenvalue weighted by Gasteiger charge is -2.33. The monoisotopic (exact) mass is 327 g/mol. The van der Waals surface area contributed by atoms with Gasteiger partial charge >= 0.3 is 6.09 Å². The van der Waals surface area contributed by atoms with Gasteiger partial charge in [-0.3, -0.25) is 0 Å². The fraction of sp³-hybridized carbons (Fsp3) is 0.500. The Bertz CT molecular complexity index is 596. The number of hydrogen-bond donors (Lipinski definition) is 1. The predicted molar refractivity (Wildman–Crippen MR) is 92.7 cm³/mol. The van der Waals surface area contributed by atoms with E-state index in [9.17, 15) is 9.59 Å². The number of ether oxygens (including phenoxy) is 1. The molecular weight excluding hydrogens is 302 g/mol. The van der Waals surface area contributed by atoms with Crippen molar-refractivity contribution in [2.24, 2.45) is 5.92 Å². The third kappa shape index (κ3) is 4.47. The van der Waals surface area contributed by atoms with Gasteiger partial charge in [0.15, 0.2) is 0 Å². The highest BCUT2D eigenvalue weighted by Crippen LogP contribution is 2.37. The lowest BCUT2D eigenvalue weighted by Crippen LogP contribution is -2.40. The molecule has 24 heavy (non-hydrogen) atoms. The third-order valence-corrected chi connectivity index (χ3v) is 5.03. The Hall–Kier alpha value is -2.10. The van der Waals surface area contributed by atoms with Gasteiger partial charge in [0.2, 0.25) is 0 Å². The molecule has 3 rings (SSSR count). The second-order valence-electron chi connectivity index (χ2n) is 6.79. The van der Waals surface area contributed by atoms with Crippen LogP contribution in [0.15, 0.2) is 42.0 Å². The topological polar surface area (TPSA) is 55.4 Å². The number of carbonyl (C=O) groups excluding carboxylic acids is 2. The number of carbonyl (C=O) groups is 2. The van der Waals surface area contributed by atoms with Crippen LogP contribution in [0.3, 0.4) is 0 Å². The van der Waals surface area contributed by atoms with Crippen molar-refractivity contribution in [1.82, 2.24) is 5.32 Å². The lowest BCUT2D eigenvalue weighted by molar-refractivity contribution is -0.109. The summed E-state index contributed by atoms with van der Waals surface area (Å²) in [5.74, 6) is 0.697. The number of nitrogens with one attached hydrogen (secondary N) is 1. The number of rotatable bonds is 5. The summed E-state index contributed by atoms with van der Waals surface area (Å²) in [6, 6.07) is 9.11. The minimum absolute atomic E-state index is 0.0605. The molecule has 0 aromatic heterocycles. The molecule has 1 fully saturated rings. The van der Waals surface area contributed by atoms with Gasteiger partial charge in [0.1, 0.15) is 12.4 Å². The largest absolute Gasteiger partial charge is 0.446 e. The van der Waals surface area contributed by atoms with Crippen LogP contribution in [-0.2, 0) is 16.0 Å². The molecule has 0 bridgehead atoms. The highest BCUT2D eigenvalue weighted by atomic mass is 16.6. The molecule has 2 aliphatic carbocycles. The molecule has 0 spiro atoms. The van der Waals surface area contributed by atoms with Gasteiger partial charge < -0.3 is 14.8 Å². The molecule has 1 aromatic carbocycles. The summed E-state index contributed by atoms with van der Waals surface area (Å²) in [5.41, 5.74) is 2.48. The molecule has 4 heteroatoms. The van der Waals surface area contributed by atoms with Gasteiger partial charge in [0.05, 0.1) is 6.04 Å². The van der Waals surface area contributed by atoms with Crippen LogP contribution in [0.1, 0.15) is 44.1 Å². The number of allylic oxidation sites excluding steroid dienone is 1. The van der Waals surface area contributed by atoms with Gasteiger partial charge in [-0.25, -0.2) is 4.79 Å². The number of fused-ring (bicyclic) bond motifs is 1. The Balaban J connectivity index is 1.49. The van der Waals surface area contributed by atoms with E-state index in [-0.39, 0.29) is 6.10 Å². The van der Waals surface area contributed by atoms with E-state index in [1.54, 1.807) is 0 Å². The highest BCUT2D eigenvalue weighted by molar-refractivity contribution is 5.73. The Morgan fingerprint density at radius 3 is 2.88 bits per heavy atom. The summed E-state index contributed by atoms with van der Waals surface area (Å²) >= 11 is 0. The van der Waals surface area contributed by atoms with Crippen molar-refractivity contribution in [3.63, 3.8) is 0 Å². The van der Waals surface area contributed by atoms with Gasteiger partial charge in [0, 0.05) is 6.42 Å². The summed E-state index contributed by atoms with van der Waals surface area (Å²) in [6.45, 7) is 0. The Morgan fingerprint density at radius 1 is 1.25 bits per heavy atom. The van der Waals surface area contributed by atoms with Gasteiger partial charge in [-0.2, -0.15) is 0 Å². The molecule has 1 N–H and O–H groups in total. The van der Waals surface area contributed by atoms with E-state index in [1.807, 2.05) is 30.3 Å². The van der Waals surface area contributed by atoms with Crippen LogP contribution in [0.2, 0.25) is 0 Å². The lowest BCUT2D eigenvalue weighted by atomic mass is 9.77. The number of alkyl carbamates (subject to hydrolysis) is 1. The number of aldehydes is 1. The molecule has 0 heterocycles. The maximum absolute atomic E-state index is 12.1. The van der Waals surface area contributed by atoms with Crippen LogP contribution in [0.4, 0.5) is 4.79 Å². The molecule has 0 radical (unpaired) electrons. The number of hydrogen-bond acceptors (Lipinski definition) is 3. The van der Waals surface area contributed by atoms with E-state index in [0.29, 0.717) is 12.3 Å². The standard InChI is InChI=1S/C20H25NO3/c22-14-18(12-15-6-2-1-3-7-15)21-20(23)24-19-11-10-16-8-4-5-9-17(16)13-19/h1-3,6-7,9,14,16,18-19H,4-5,8,10-13H2,(H,21,23)/t16?,18-,19?/m0/s1. The maximum Gasteiger partial charge on any atom is 0.408 e. The molecule has 4 nitrogen and oxygen atoms in total. The van der Waals surface area contributed by atoms with Crippen molar-refractivity contribution in [2.75, 3.05) is 0 Å². The number of amides is 1. The second kappa shape index (κ2) is 8.13. The van der Waals surface area contributed by atoms with E-state index in [1.165, 1.54) is 18.4 Å². The molecule has 1 amide bonds. The second-order valence-corrected chi connectivity index (χ2v) is 6.79. The molecule has 1 aromatic rings. The first kappa shape index (κ1) is 16.7. The van der Waals surface area contributed by atoms with Gasteiger partial charge in [0.25, 0.3) is 0 Å². The van der Waals surface area contributed by atoms with Crippen LogP contribution in [0, 0.1) is 5.92 Å². The molecule has 2 unspecified atom stereocenters. The minimum Gasteiger partial charge on any atom is -0.446 e. The fourth-order valence-corrected chi connectivity index (χ4v) is 3.77. The van der Waals surface area contributed by atoms with E-state index < -0.39 is 12.1 Å². The Labute approximate surface area is 143 Å². The first-order chi connectivity index (χ1) is 11.7. The molecule has 128 valence electrons. The molecule has 3 atom stereocenters. The van der Waals surface area contributed by atoms with Crippen molar-refractivity contribution in [3.8, 4) is 0 Å². The van der Waals surface area contributed by atoms with Crippen molar-refractivity contribution in [1.29, 1.82) is 0 Å². The summed E-state index contributed by atoms with van der Waals surface area (Å²) in [7, 11) is 0. The molecule has 0 aliphatic heterocycles. The van der Waals surface area contributed by atoms with Crippen molar-refractivity contribution < 1.29 is 14.3 Å². The number of benzene rings is 1. The molecule has 1 saturated carbocycles. The van der Waals surface area contributed by atoms with Crippen LogP contribution in [0.5, 0.6) is 0 Å². The molecule has 2 aliphatic rings. The zero-order chi connectivity index (χ0) is 16.8. The van der Waals surface area contributed by atoms with Gasteiger partial charge in [-0.05, 0) is 50.0 Å². The first-order valence-corrected chi connectivity index (χ1v) is 8.90. The molecule has 0 saturated heterocycles. The third-order valence-electron chi connectivity index (χ3n) is 5.03. The summed E-state index contributed by atoms with van der Waals surface area (Å²) in [4.78, 5) is 23.4. The van der Waals surface area contributed by atoms with Crippen LogP contribution in [-0.4, -0.2) is 24.5 Å². The van der Waals surface area contributed by atoms with Crippen molar-refractivity contribution in [3.05, 3.63) is 47.5 Å². The van der Waals surface area contributed by atoms with Crippen molar-refractivity contribution >= 4 is 12.4 Å².